The minimum Gasteiger partial charge on any atom is -0.478 e. The first-order valence-electron chi connectivity index (χ1n) is 5.74. The number of hydrogen-bond donors (Lipinski definition) is 1. The van der Waals surface area contributed by atoms with E-state index in [0.29, 0.717) is 18.2 Å². The SMILES string of the molecule is CCCCCOCc1ccc(C(=O)O)cc1Cl. The molecule has 1 aromatic carbocycles. The molecule has 0 aromatic heterocycles. The number of benzene rings is 1. The molecule has 0 aliphatic heterocycles. The fourth-order valence-electron chi connectivity index (χ4n) is 1.43. The van der Waals surface area contributed by atoms with E-state index in [1.807, 2.05) is 0 Å². The quantitative estimate of drug-likeness (QED) is 0.756. The Hall–Kier alpha value is -1.06. The van der Waals surface area contributed by atoms with Gasteiger partial charge in [-0.3, -0.25) is 0 Å². The van der Waals surface area contributed by atoms with E-state index in [1.165, 1.54) is 6.07 Å². The molecule has 0 fully saturated rings. The fraction of sp³-hybridized carbons (Fsp3) is 0.462. The van der Waals surface area contributed by atoms with E-state index < -0.39 is 5.97 Å². The second kappa shape index (κ2) is 7.30. The Kier molecular flexibility index (Phi) is 6.01. The Balaban J connectivity index is 2.46. The standard InChI is InChI=1S/C13H17ClO3/c1-2-3-4-7-17-9-11-6-5-10(13(15)16)8-12(11)14/h5-6,8H,2-4,7,9H2,1H3,(H,15,16). The number of halogens is 1. The zero-order valence-electron chi connectivity index (χ0n) is 9.91. The lowest BCUT2D eigenvalue weighted by Crippen LogP contribution is -1.99. The molecule has 0 bridgehead atoms. The van der Waals surface area contributed by atoms with E-state index in [2.05, 4.69) is 6.92 Å². The van der Waals surface area contributed by atoms with Gasteiger partial charge in [-0.05, 0) is 24.1 Å². The molecule has 0 atom stereocenters. The molecule has 0 saturated carbocycles. The molecule has 0 spiro atoms. The van der Waals surface area contributed by atoms with Crippen LogP contribution in [0.3, 0.4) is 0 Å². The van der Waals surface area contributed by atoms with Gasteiger partial charge < -0.3 is 9.84 Å². The second-order valence-corrected chi connectivity index (χ2v) is 4.28. The molecular formula is C13H17ClO3. The molecule has 0 aliphatic rings. The minimum atomic E-state index is -0.970. The molecule has 94 valence electrons. The Morgan fingerprint density at radius 2 is 2.18 bits per heavy atom. The summed E-state index contributed by atoms with van der Waals surface area (Å²) in [6, 6.07) is 4.69. The summed E-state index contributed by atoms with van der Waals surface area (Å²) < 4.78 is 5.47. The summed E-state index contributed by atoms with van der Waals surface area (Å²) >= 11 is 5.97. The first-order valence-corrected chi connectivity index (χ1v) is 6.12. The molecule has 17 heavy (non-hydrogen) atoms. The maximum absolute atomic E-state index is 10.7. The number of carboxylic acids is 1. The van der Waals surface area contributed by atoms with Gasteiger partial charge in [-0.15, -0.1) is 0 Å². The van der Waals surface area contributed by atoms with Crippen molar-refractivity contribution in [2.45, 2.75) is 32.8 Å². The Morgan fingerprint density at radius 3 is 2.76 bits per heavy atom. The van der Waals surface area contributed by atoms with Crippen molar-refractivity contribution in [3.05, 3.63) is 34.3 Å². The largest absolute Gasteiger partial charge is 0.478 e. The summed E-state index contributed by atoms with van der Waals surface area (Å²) in [5, 5.41) is 9.23. The number of ether oxygens (including phenoxy) is 1. The maximum Gasteiger partial charge on any atom is 0.335 e. The van der Waals surface area contributed by atoms with E-state index in [-0.39, 0.29) is 5.56 Å². The second-order valence-electron chi connectivity index (χ2n) is 3.87. The highest BCUT2D eigenvalue weighted by Gasteiger charge is 2.06. The summed E-state index contributed by atoms with van der Waals surface area (Å²) in [7, 11) is 0. The third-order valence-corrected chi connectivity index (χ3v) is 2.80. The summed E-state index contributed by atoms with van der Waals surface area (Å²) in [5.74, 6) is -0.970. The highest BCUT2D eigenvalue weighted by Crippen LogP contribution is 2.19. The molecule has 0 aliphatic carbocycles. The van der Waals surface area contributed by atoms with Crippen LogP contribution in [-0.4, -0.2) is 17.7 Å². The van der Waals surface area contributed by atoms with Gasteiger partial charge in [0.2, 0.25) is 0 Å². The van der Waals surface area contributed by atoms with E-state index in [0.717, 1.165) is 24.8 Å². The lowest BCUT2D eigenvalue weighted by molar-refractivity contribution is 0.0696. The molecule has 0 heterocycles. The van der Waals surface area contributed by atoms with Crippen LogP contribution in [0.1, 0.15) is 42.1 Å². The number of aromatic carboxylic acids is 1. The Morgan fingerprint density at radius 1 is 1.41 bits per heavy atom. The summed E-state index contributed by atoms with van der Waals surface area (Å²) in [4.78, 5) is 10.7. The van der Waals surface area contributed by atoms with Crippen LogP contribution in [0, 0.1) is 0 Å². The molecule has 1 aromatic rings. The normalized spacial score (nSPS) is 10.5. The molecule has 0 amide bonds. The first-order chi connectivity index (χ1) is 8.15. The van der Waals surface area contributed by atoms with Crippen molar-refractivity contribution >= 4 is 17.6 Å². The van der Waals surface area contributed by atoms with Crippen LogP contribution in [0.2, 0.25) is 5.02 Å². The van der Waals surface area contributed by atoms with Gasteiger partial charge >= 0.3 is 5.97 Å². The predicted octanol–water partition coefficient (Wildman–Crippen LogP) is 3.75. The molecule has 1 rings (SSSR count). The smallest absolute Gasteiger partial charge is 0.335 e. The third-order valence-electron chi connectivity index (χ3n) is 2.45. The van der Waals surface area contributed by atoms with Crippen molar-refractivity contribution in [2.75, 3.05) is 6.61 Å². The van der Waals surface area contributed by atoms with E-state index in [1.54, 1.807) is 12.1 Å². The van der Waals surface area contributed by atoms with Crippen molar-refractivity contribution in [3.63, 3.8) is 0 Å². The monoisotopic (exact) mass is 256 g/mol. The number of carbonyl (C=O) groups is 1. The number of rotatable bonds is 7. The van der Waals surface area contributed by atoms with Crippen molar-refractivity contribution in [2.24, 2.45) is 0 Å². The highest BCUT2D eigenvalue weighted by molar-refractivity contribution is 6.31. The molecule has 0 saturated heterocycles. The Labute approximate surface area is 106 Å². The van der Waals surface area contributed by atoms with Gasteiger partial charge in [-0.25, -0.2) is 4.79 Å². The molecule has 0 radical (unpaired) electrons. The van der Waals surface area contributed by atoms with Crippen LogP contribution in [0.5, 0.6) is 0 Å². The minimum absolute atomic E-state index is 0.199. The highest BCUT2D eigenvalue weighted by atomic mass is 35.5. The molecule has 3 nitrogen and oxygen atoms in total. The molecule has 1 N–H and O–H groups in total. The third kappa shape index (κ3) is 4.75. The fourth-order valence-corrected chi connectivity index (χ4v) is 1.67. The van der Waals surface area contributed by atoms with Crippen LogP contribution in [0.15, 0.2) is 18.2 Å². The average molecular weight is 257 g/mol. The summed E-state index contributed by atoms with van der Waals surface area (Å²) in [5.41, 5.74) is 1.03. The first kappa shape index (κ1) is 14.0. The lowest BCUT2D eigenvalue weighted by atomic mass is 10.1. The van der Waals surface area contributed by atoms with Crippen molar-refractivity contribution in [3.8, 4) is 0 Å². The van der Waals surface area contributed by atoms with Crippen molar-refractivity contribution in [1.29, 1.82) is 0 Å². The zero-order valence-corrected chi connectivity index (χ0v) is 10.7. The van der Waals surface area contributed by atoms with Crippen LogP contribution in [0.4, 0.5) is 0 Å². The zero-order chi connectivity index (χ0) is 12.7. The summed E-state index contributed by atoms with van der Waals surface area (Å²) in [6.07, 6.45) is 3.37. The van der Waals surface area contributed by atoms with Gasteiger partial charge in [0.05, 0.1) is 12.2 Å². The van der Waals surface area contributed by atoms with Crippen LogP contribution in [-0.2, 0) is 11.3 Å². The molecule has 4 heteroatoms. The van der Waals surface area contributed by atoms with Gasteiger partial charge in [0.25, 0.3) is 0 Å². The van der Waals surface area contributed by atoms with Crippen LogP contribution in [0.25, 0.3) is 0 Å². The topological polar surface area (TPSA) is 46.5 Å². The number of hydrogen-bond acceptors (Lipinski definition) is 2. The van der Waals surface area contributed by atoms with E-state index in [9.17, 15) is 4.79 Å². The lowest BCUT2D eigenvalue weighted by Gasteiger charge is -2.06. The van der Waals surface area contributed by atoms with E-state index in [4.69, 9.17) is 21.4 Å². The summed E-state index contributed by atoms with van der Waals surface area (Å²) in [6.45, 7) is 3.29. The van der Waals surface area contributed by atoms with Gasteiger partial charge in [0.1, 0.15) is 0 Å². The maximum atomic E-state index is 10.7. The predicted molar refractivity (Wildman–Crippen MR) is 67.6 cm³/mol. The van der Waals surface area contributed by atoms with Crippen molar-refractivity contribution in [1.82, 2.24) is 0 Å². The van der Waals surface area contributed by atoms with E-state index >= 15 is 0 Å². The van der Waals surface area contributed by atoms with Crippen LogP contribution >= 0.6 is 11.6 Å². The average Bonchev–Trinajstić information content (AvgIpc) is 2.30. The van der Waals surface area contributed by atoms with Crippen LogP contribution < -0.4 is 0 Å². The molecular weight excluding hydrogens is 240 g/mol. The van der Waals surface area contributed by atoms with Gasteiger partial charge in [-0.1, -0.05) is 37.4 Å². The van der Waals surface area contributed by atoms with Crippen molar-refractivity contribution < 1.29 is 14.6 Å². The van der Waals surface area contributed by atoms with Gasteiger partial charge in [0.15, 0.2) is 0 Å². The number of unbranched alkanes of at least 4 members (excludes halogenated alkanes) is 2. The molecule has 0 unspecified atom stereocenters. The Bertz CT molecular complexity index is 377. The van der Waals surface area contributed by atoms with Gasteiger partial charge in [-0.2, -0.15) is 0 Å². The van der Waals surface area contributed by atoms with Gasteiger partial charge in [0, 0.05) is 11.6 Å². The number of carboxylic acid groups (broad SMARTS) is 1.